The first-order chi connectivity index (χ1) is 5.12. The molecule has 12 heavy (non-hydrogen) atoms. The molecule has 0 aliphatic carbocycles. The quantitative estimate of drug-likeness (QED) is 0.630. The van der Waals surface area contributed by atoms with Crippen LogP contribution in [-0.2, 0) is 14.6 Å². The van der Waals surface area contributed by atoms with Crippen molar-refractivity contribution in [2.45, 2.75) is 20.8 Å². The summed E-state index contributed by atoms with van der Waals surface area (Å²) in [6, 6.07) is 2.10. The zero-order valence-electron chi connectivity index (χ0n) is 7.53. The molecule has 0 saturated carbocycles. The zero-order valence-corrected chi connectivity index (χ0v) is 8.34. The molecule has 0 spiro atoms. The molecule has 0 atom stereocenters. The summed E-state index contributed by atoms with van der Waals surface area (Å²) in [6.07, 6.45) is 0. The molecule has 0 amide bonds. The highest BCUT2D eigenvalue weighted by molar-refractivity contribution is 7.80. The Morgan fingerprint density at radius 1 is 1.42 bits per heavy atom. The summed E-state index contributed by atoms with van der Waals surface area (Å²) in [5.74, 6) is 0. The molecule has 0 aromatic heterocycles. The average Bonchev–Trinajstić information content (AvgIpc) is 1.86. The first kappa shape index (κ1) is 13.9. The van der Waals surface area contributed by atoms with Crippen LogP contribution in [0.1, 0.15) is 20.8 Å². The molecule has 0 bridgehead atoms. The van der Waals surface area contributed by atoms with Crippen molar-refractivity contribution in [3.8, 4) is 6.07 Å². The molecule has 0 aromatic carbocycles. The van der Waals surface area contributed by atoms with E-state index in [0.717, 1.165) is 7.11 Å². The van der Waals surface area contributed by atoms with Crippen LogP contribution in [0.4, 0.5) is 0 Å². The van der Waals surface area contributed by atoms with E-state index >= 15 is 0 Å². The van der Waals surface area contributed by atoms with E-state index < -0.39 is 10.4 Å². The van der Waals surface area contributed by atoms with Crippen LogP contribution in [-0.4, -0.2) is 20.1 Å². The number of rotatable bonds is 1. The summed E-state index contributed by atoms with van der Waals surface area (Å²) in [6.45, 7) is 5.65. The summed E-state index contributed by atoms with van der Waals surface area (Å²) < 4.78 is 29.7. The molecule has 0 fully saturated rings. The Morgan fingerprint density at radius 3 is 1.58 bits per heavy atom. The third-order valence-corrected chi connectivity index (χ3v) is 0.967. The Kier molecular flexibility index (Phi) is 5.90. The van der Waals surface area contributed by atoms with Gasteiger partial charge in [0.1, 0.15) is 0 Å². The van der Waals surface area contributed by atoms with Gasteiger partial charge in [-0.25, -0.2) is 0 Å². The highest BCUT2D eigenvalue weighted by Crippen LogP contribution is 2.08. The highest BCUT2D eigenvalue weighted by Gasteiger charge is 2.04. The van der Waals surface area contributed by atoms with Gasteiger partial charge in [0.25, 0.3) is 0 Å². The van der Waals surface area contributed by atoms with Crippen molar-refractivity contribution < 1.29 is 17.2 Å². The molecule has 0 radical (unpaired) electrons. The van der Waals surface area contributed by atoms with E-state index in [1.807, 2.05) is 20.8 Å². The Hall–Kier alpha value is -0.640. The molecule has 72 valence electrons. The molecule has 6 heteroatoms. The summed E-state index contributed by atoms with van der Waals surface area (Å²) in [5.41, 5.74) is -0.153. The minimum absolute atomic E-state index is 0.153. The Labute approximate surface area is 72.9 Å². The van der Waals surface area contributed by atoms with Gasteiger partial charge >= 0.3 is 10.4 Å². The molecule has 1 N–H and O–H groups in total. The minimum atomic E-state index is -4.16. The first-order valence-corrected chi connectivity index (χ1v) is 4.43. The Balaban J connectivity index is 0. The third kappa shape index (κ3) is 22.8. The van der Waals surface area contributed by atoms with E-state index in [4.69, 9.17) is 9.81 Å². The standard InChI is InChI=1S/C5H9N.CH4O4S/c1-5(2,3)4-6;1-5-6(2,3)4/h1-3H3;1H3,(H,2,3,4). The van der Waals surface area contributed by atoms with Gasteiger partial charge in [0.05, 0.1) is 13.2 Å². The van der Waals surface area contributed by atoms with Crippen LogP contribution in [0.5, 0.6) is 0 Å². The molecule has 0 aliphatic heterocycles. The zero-order chi connectivity index (χ0) is 10.4. The largest absolute Gasteiger partial charge is 0.397 e. The summed E-state index contributed by atoms with van der Waals surface area (Å²) in [7, 11) is -3.29. The van der Waals surface area contributed by atoms with Crippen molar-refractivity contribution in [3.05, 3.63) is 0 Å². The monoisotopic (exact) mass is 195 g/mol. The maximum absolute atomic E-state index is 9.33. The maximum Gasteiger partial charge on any atom is 0.397 e. The van der Waals surface area contributed by atoms with Gasteiger partial charge in [-0.05, 0) is 20.8 Å². The van der Waals surface area contributed by atoms with E-state index in [9.17, 15) is 8.42 Å². The molecule has 5 nitrogen and oxygen atoms in total. The van der Waals surface area contributed by atoms with E-state index in [1.54, 1.807) is 0 Å². The van der Waals surface area contributed by atoms with Gasteiger partial charge in [-0.2, -0.15) is 13.7 Å². The van der Waals surface area contributed by atoms with Crippen molar-refractivity contribution >= 4 is 10.4 Å². The maximum atomic E-state index is 9.33. The summed E-state index contributed by atoms with van der Waals surface area (Å²) >= 11 is 0. The smallest absolute Gasteiger partial charge is 0.264 e. The minimum Gasteiger partial charge on any atom is -0.264 e. The van der Waals surface area contributed by atoms with Crippen molar-refractivity contribution in [1.29, 1.82) is 5.26 Å². The van der Waals surface area contributed by atoms with E-state index in [1.165, 1.54) is 0 Å². The fourth-order valence-electron chi connectivity index (χ4n) is 0. The number of hydrogen-bond acceptors (Lipinski definition) is 4. The van der Waals surface area contributed by atoms with Gasteiger partial charge in [-0.15, -0.1) is 0 Å². The number of nitriles is 1. The third-order valence-electron chi connectivity index (χ3n) is 0.546. The van der Waals surface area contributed by atoms with Gasteiger partial charge in [-0.3, -0.25) is 8.74 Å². The molecule has 0 aliphatic rings. The predicted octanol–water partition coefficient (Wildman–Crippen LogP) is 0.992. The lowest BCUT2D eigenvalue weighted by atomic mass is 10.0. The number of hydrogen-bond donors (Lipinski definition) is 1. The van der Waals surface area contributed by atoms with Crippen LogP contribution in [0.2, 0.25) is 0 Å². The lowest BCUT2D eigenvalue weighted by Crippen LogP contribution is -1.97. The molecule has 0 heterocycles. The predicted molar refractivity (Wildman–Crippen MR) is 43.6 cm³/mol. The van der Waals surface area contributed by atoms with Gasteiger partial charge in [0.15, 0.2) is 0 Å². The topological polar surface area (TPSA) is 87.4 Å². The Morgan fingerprint density at radius 2 is 1.58 bits per heavy atom. The van der Waals surface area contributed by atoms with Gasteiger partial charge < -0.3 is 0 Å². The van der Waals surface area contributed by atoms with Crippen molar-refractivity contribution in [2.24, 2.45) is 5.41 Å². The van der Waals surface area contributed by atoms with Crippen LogP contribution in [0, 0.1) is 16.7 Å². The normalized spacial score (nSPS) is 11.0. The molecule has 0 saturated heterocycles. The van der Waals surface area contributed by atoms with Gasteiger partial charge in [-0.1, -0.05) is 0 Å². The second kappa shape index (κ2) is 5.09. The first-order valence-electron chi connectivity index (χ1n) is 3.06. The van der Waals surface area contributed by atoms with Crippen LogP contribution in [0.3, 0.4) is 0 Å². The van der Waals surface area contributed by atoms with Crippen LogP contribution >= 0.6 is 0 Å². The van der Waals surface area contributed by atoms with Crippen LogP contribution < -0.4 is 0 Å². The lowest BCUT2D eigenvalue weighted by Gasteiger charge is -2.01. The number of nitrogens with zero attached hydrogens (tertiary/aromatic N) is 1. The van der Waals surface area contributed by atoms with Crippen molar-refractivity contribution in [3.63, 3.8) is 0 Å². The second-order valence-electron chi connectivity index (χ2n) is 2.96. The Bertz CT molecular complexity index is 244. The van der Waals surface area contributed by atoms with E-state index in [2.05, 4.69) is 10.3 Å². The van der Waals surface area contributed by atoms with Gasteiger partial charge in [0, 0.05) is 5.41 Å². The molecular weight excluding hydrogens is 182 g/mol. The van der Waals surface area contributed by atoms with Crippen LogP contribution in [0.25, 0.3) is 0 Å². The molecule has 0 rings (SSSR count). The molecular formula is C6H13NO4S. The van der Waals surface area contributed by atoms with E-state index in [-0.39, 0.29) is 5.41 Å². The fourth-order valence-corrected chi connectivity index (χ4v) is 0. The fraction of sp³-hybridized carbons (Fsp3) is 0.833. The highest BCUT2D eigenvalue weighted by atomic mass is 32.3. The molecule has 0 aromatic rings. The summed E-state index contributed by atoms with van der Waals surface area (Å²) in [5, 5.41) is 8.15. The van der Waals surface area contributed by atoms with Crippen molar-refractivity contribution in [2.75, 3.05) is 7.11 Å². The molecule has 0 unspecified atom stereocenters. The van der Waals surface area contributed by atoms with Crippen molar-refractivity contribution in [1.82, 2.24) is 0 Å². The van der Waals surface area contributed by atoms with E-state index in [0.29, 0.717) is 0 Å². The lowest BCUT2D eigenvalue weighted by molar-refractivity contribution is 0.324. The SMILES string of the molecule is CC(C)(C)C#N.COS(=O)(=O)O. The summed E-state index contributed by atoms with van der Waals surface area (Å²) in [4.78, 5) is 0. The van der Waals surface area contributed by atoms with Crippen LogP contribution in [0.15, 0.2) is 0 Å². The second-order valence-corrected chi connectivity index (χ2v) is 4.14. The van der Waals surface area contributed by atoms with Gasteiger partial charge in [0.2, 0.25) is 0 Å². The average molecular weight is 195 g/mol.